The lowest BCUT2D eigenvalue weighted by molar-refractivity contribution is 0.0968. The number of nitrogens with one attached hydrogen (secondary N) is 2. The summed E-state index contributed by atoms with van der Waals surface area (Å²) in [6.07, 6.45) is 0. The number of methoxy groups -OCH3 is 2. The number of hydrogen-bond acceptors (Lipinski definition) is 5. The summed E-state index contributed by atoms with van der Waals surface area (Å²) in [5.41, 5.74) is 6.53. The van der Waals surface area contributed by atoms with Crippen molar-refractivity contribution < 1.29 is 19.1 Å². The summed E-state index contributed by atoms with van der Waals surface area (Å²) < 4.78 is 10.3. The van der Waals surface area contributed by atoms with Gasteiger partial charge in [0.1, 0.15) is 17.2 Å². The van der Waals surface area contributed by atoms with Crippen LogP contribution in [0.15, 0.2) is 42.5 Å². The van der Waals surface area contributed by atoms with Crippen molar-refractivity contribution in [3.8, 4) is 11.5 Å². The first-order valence-corrected chi connectivity index (χ1v) is 6.74. The van der Waals surface area contributed by atoms with Crippen LogP contribution in [-0.4, -0.2) is 26.2 Å². The van der Waals surface area contributed by atoms with Gasteiger partial charge in [0.2, 0.25) is 0 Å². The van der Waals surface area contributed by atoms with Gasteiger partial charge in [-0.15, -0.1) is 0 Å². The molecular formula is C16H17N3O4. The first kappa shape index (κ1) is 16.2. The molecule has 0 aliphatic carbocycles. The first-order chi connectivity index (χ1) is 11.1. The molecule has 0 saturated carbocycles. The summed E-state index contributed by atoms with van der Waals surface area (Å²) in [6.45, 7) is 0. The molecule has 0 atom stereocenters. The summed E-state index contributed by atoms with van der Waals surface area (Å²) in [7, 11) is 2.93. The van der Waals surface area contributed by atoms with E-state index in [1.54, 1.807) is 36.4 Å². The number of amides is 3. The van der Waals surface area contributed by atoms with Crippen molar-refractivity contribution >= 4 is 23.3 Å². The van der Waals surface area contributed by atoms with Crippen LogP contribution >= 0.6 is 0 Å². The number of imide groups is 1. The molecule has 4 N–H and O–H groups in total. The molecule has 2 aromatic carbocycles. The average Bonchev–Trinajstić information content (AvgIpc) is 2.55. The number of hydrogen-bond donors (Lipinski definition) is 3. The van der Waals surface area contributed by atoms with Gasteiger partial charge in [0.25, 0.3) is 5.91 Å². The summed E-state index contributed by atoms with van der Waals surface area (Å²) in [5, 5.41) is 4.75. The van der Waals surface area contributed by atoms with Crippen LogP contribution in [-0.2, 0) is 0 Å². The Bertz CT molecular complexity index is 709. The number of ether oxygens (including phenoxy) is 2. The van der Waals surface area contributed by atoms with Crippen molar-refractivity contribution in [2.75, 3.05) is 25.3 Å². The van der Waals surface area contributed by atoms with Gasteiger partial charge in [-0.05, 0) is 24.3 Å². The van der Waals surface area contributed by atoms with Crippen molar-refractivity contribution in [1.29, 1.82) is 0 Å². The standard InChI is InChI=1S/C16H17N3O4/c1-22-12-8-5-9-13(23-2)14(12)18-16(21)19-15(20)10-6-3-4-7-11(10)17/h3-9H,17H2,1-2H3,(H2,18,19,20,21). The third kappa shape index (κ3) is 3.70. The lowest BCUT2D eigenvalue weighted by Gasteiger charge is -2.14. The van der Waals surface area contributed by atoms with Crippen molar-refractivity contribution in [2.45, 2.75) is 0 Å². The fourth-order valence-corrected chi connectivity index (χ4v) is 1.99. The first-order valence-electron chi connectivity index (χ1n) is 6.74. The van der Waals surface area contributed by atoms with E-state index in [0.29, 0.717) is 17.2 Å². The topological polar surface area (TPSA) is 103 Å². The van der Waals surface area contributed by atoms with Gasteiger partial charge in [0, 0.05) is 5.69 Å². The molecule has 0 bridgehead atoms. The van der Waals surface area contributed by atoms with Crippen molar-refractivity contribution in [1.82, 2.24) is 5.32 Å². The van der Waals surface area contributed by atoms with E-state index in [4.69, 9.17) is 15.2 Å². The van der Waals surface area contributed by atoms with Gasteiger partial charge < -0.3 is 20.5 Å². The lowest BCUT2D eigenvalue weighted by Crippen LogP contribution is -2.34. The minimum Gasteiger partial charge on any atom is -0.494 e. The summed E-state index contributed by atoms with van der Waals surface area (Å²) in [6, 6.07) is 10.8. The van der Waals surface area contributed by atoms with E-state index in [9.17, 15) is 9.59 Å². The molecule has 0 saturated heterocycles. The molecule has 2 aromatic rings. The van der Waals surface area contributed by atoms with E-state index in [2.05, 4.69) is 10.6 Å². The number of nitrogens with two attached hydrogens (primary N) is 1. The van der Waals surface area contributed by atoms with Crippen molar-refractivity contribution in [3.05, 3.63) is 48.0 Å². The Labute approximate surface area is 133 Å². The highest BCUT2D eigenvalue weighted by atomic mass is 16.5. The number of para-hydroxylation sites is 2. The van der Waals surface area contributed by atoms with Crippen LogP contribution in [0.1, 0.15) is 10.4 Å². The van der Waals surface area contributed by atoms with Crippen LogP contribution in [0.2, 0.25) is 0 Å². The van der Waals surface area contributed by atoms with Gasteiger partial charge in [-0.2, -0.15) is 0 Å². The molecule has 0 heterocycles. The summed E-state index contributed by atoms with van der Waals surface area (Å²) in [5.74, 6) is 0.215. The number of urea groups is 1. The van der Waals surface area contributed by atoms with E-state index in [1.165, 1.54) is 20.3 Å². The second-order valence-corrected chi connectivity index (χ2v) is 4.53. The smallest absolute Gasteiger partial charge is 0.326 e. The highest BCUT2D eigenvalue weighted by molar-refractivity contribution is 6.10. The van der Waals surface area contributed by atoms with Gasteiger partial charge in [-0.3, -0.25) is 10.1 Å². The summed E-state index contributed by atoms with van der Waals surface area (Å²) in [4.78, 5) is 24.1. The zero-order valence-electron chi connectivity index (χ0n) is 12.8. The zero-order chi connectivity index (χ0) is 16.8. The maximum atomic E-state index is 12.1. The Morgan fingerprint density at radius 2 is 1.57 bits per heavy atom. The van der Waals surface area contributed by atoms with Gasteiger partial charge >= 0.3 is 6.03 Å². The Balaban J connectivity index is 2.14. The third-order valence-corrected chi connectivity index (χ3v) is 3.10. The molecule has 0 aliphatic rings. The molecular weight excluding hydrogens is 298 g/mol. The molecule has 0 unspecified atom stereocenters. The number of benzene rings is 2. The fraction of sp³-hybridized carbons (Fsp3) is 0.125. The van der Waals surface area contributed by atoms with E-state index in [0.717, 1.165) is 0 Å². The van der Waals surface area contributed by atoms with E-state index in [-0.39, 0.29) is 11.3 Å². The molecule has 7 nitrogen and oxygen atoms in total. The SMILES string of the molecule is COc1cccc(OC)c1NC(=O)NC(=O)c1ccccc1N. The second kappa shape index (κ2) is 7.17. The zero-order valence-corrected chi connectivity index (χ0v) is 12.8. The number of carbonyl (C=O) groups is 2. The van der Waals surface area contributed by atoms with Gasteiger partial charge in [-0.25, -0.2) is 4.79 Å². The fourth-order valence-electron chi connectivity index (χ4n) is 1.99. The molecule has 0 radical (unpaired) electrons. The Kier molecular flexibility index (Phi) is 5.03. The van der Waals surface area contributed by atoms with Gasteiger partial charge in [0.05, 0.1) is 19.8 Å². The van der Waals surface area contributed by atoms with Crippen LogP contribution in [0, 0.1) is 0 Å². The van der Waals surface area contributed by atoms with Crippen LogP contribution < -0.4 is 25.8 Å². The molecule has 23 heavy (non-hydrogen) atoms. The number of rotatable bonds is 4. The highest BCUT2D eigenvalue weighted by Gasteiger charge is 2.16. The molecule has 2 rings (SSSR count). The van der Waals surface area contributed by atoms with Crippen LogP contribution in [0.4, 0.5) is 16.2 Å². The van der Waals surface area contributed by atoms with Gasteiger partial charge in [-0.1, -0.05) is 18.2 Å². The molecule has 0 aliphatic heterocycles. The minimum atomic E-state index is -0.721. The molecule has 3 amide bonds. The largest absolute Gasteiger partial charge is 0.494 e. The predicted molar refractivity (Wildman–Crippen MR) is 86.9 cm³/mol. The van der Waals surface area contributed by atoms with Crippen LogP contribution in [0.3, 0.4) is 0 Å². The number of anilines is 2. The monoisotopic (exact) mass is 315 g/mol. The lowest BCUT2D eigenvalue weighted by atomic mass is 10.2. The molecule has 120 valence electrons. The third-order valence-electron chi connectivity index (χ3n) is 3.10. The Morgan fingerprint density at radius 1 is 0.957 bits per heavy atom. The molecule has 0 spiro atoms. The van der Waals surface area contributed by atoms with Crippen LogP contribution in [0.5, 0.6) is 11.5 Å². The molecule has 0 aromatic heterocycles. The quantitative estimate of drug-likeness (QED) is 0.751. The van der Waals surface area contributed by atoms with Crippen molar-refractivity contribution in [3.63, 3.8) is 0 Å². The minimum absolute atomic E-state index is 0.217. The highest BCUT2D eigenvalue weighted by Crippen LogP contribution is 2.33. The van der Waals surface area contributed by atoms with Gasteiger partial charge in [0.15, 0.2) is 0 Å². The number of nitrogen functional groups attached to an aromatic ring is 1. The summed E-state index contributed by atoms with van der Waals surface area (Å²) >= 11 is 0. The molecule has 0 fully saturated rings. The maximum absolute atomic E-state index is 12.1. The predicted octanol–water partition coefficient (Wildman–Crippen LogP) is 2.25. The second-order valence-electron chi connectivity index (χ2n) is 4.53. The molecule has 7 heteroatoms. The maximum Gasteiger partial charge on any atom is 0.326 e. The Morgan fingerprint density at radius 3 is 2.13 bits per heavy atom. The van der Waals surface area contributed by atoms with E-state index >= 15 is 0 Å². The average molecular weight is 315 g/mol. The van der Waals surface area contributed by atoms with Crippen molar-refractivity contribution in [2.24, 2.45) is 0 Å². The van der Waals surface area contributed by atoms with E-state index in [1.807, 2.05) is 0 Å². The normalized spacial score (nSPS) is 9.83. The van der Waals surface area contributed by atoms with E-state index < -0.39 is 11.9 Å². The number of carbonyl (C=O) groups excluding carboxylic acids is 2. The van der Waals surface area contributed by atoms with Crippen LogP contribution in [0.25, 0.3) is 0 Å². The Hall–Kier alpha value is -3.22.